The van der Waals surface area contributed by atoms with Crippen LogP contribution in [0.25, 0.3) is 0 Å². The van der Waals surface area contributed by atoms with Crippen molar-refractivity contribution >= 4 is 21.6 Å². The van der Waals surface area contributed by atoms with Crippen LogP contribution in [0.15, 0.2) is 28.0 Å². The van der Waals surface area contributed by atoms with Gasteiger partial charge in [-0.1, -0.05) is 5.92 Å². The molecule has 2 N–H and O–H groups in total. The second-order valence-corrected chi connectivity index (χ2v) is 4.26. The van der Waals surface area contributed by atoms with Gasteiger partial charge in [0.15, 0.2) is 0 Å². The maximum absolute atomic E-state index is 11.8. The highest BCUT2D eigenvalue weighted by atomic mass is 79.9. The van der Waals surface area contributed by atoms with Gasteiger partial charge in [-0.3, -0.25) is 4.79 Å². The molecule has 0 aliphatic carbocycles. The van der Waals surface area contributed by atoms with Crippen molar-refractivity contribution in [1.82, 2.24) is 19.7 Å². The van der Waals surface area contributed by atoms with Crippen LogP contribution >= 0.6 is 15.9 Å². The molecule has 0 aliphatic rings. The summed E-state index contributed by atoms with van der Waals surface area (Å²) in [6.45, 7) is 0.678. The predicted octanol–water partition coefficient (Wildman–Crippen LogP) is 0.974. The minimum absolute atomic E-state index is 0.151. The van der Waals surface area contributed by atoms with E-state index in [2.05, 4.69) is 42.2 Å². The highest BCUT2D eigenvalue weighted by Gasteiger charge is 2.08. The van der Waals surface area contributed by atoms with Gasteiger partial charge in [0.25, 0.3) is 5.56 Å². The normalized spacial score (nSPS) is 10.0. The summed E-state index contributed by atoms with van der Waals surface area (Å²) in [6.07, 6.45) is 10.00. The second-order valence-electron chi connectivity index (χ2n) is 3.47. The molecule has 0 radical (unpaired) electrons. The number of nitrogens with zero attached hydrogens (tertiary/aromatic N) is 3. The van der Waals surface area contributed by atoms with E-state index < -0.39 is 0 Å². The number of halogens is 1. The van der Waals surface area contributed by atoms with Gasteiger partial charge in [0.1, 0.15) is 11.0 Å². The average molecular weight is 308 g/mol. The molecule has 6 nitrogen and oxygen atoms in total. The largest absolute Gasteiger partial charge is 0.377 e. The summed E-state index contributed by atoms with van der Waals surface area (Å²) >= 11 is 3.24. The topological polar surface area (TPSA) is 75.6 Å². The minimum Gasteiger partial charge on any atom is -0.377 e. The van der Waals surface area contributed by atoms with E-state index >= 15 is 0 Å². The molecule has 0 aromatic carbocycles. The van der Waals surface area contributed by atoms with Gasteiger partial charge in [-0.05, 0) is 15.9 Å². The molecule has 0 atom stereocenters. The van der Waals surface area contributed by atoms with Crippen LogP contribution in [0.1, 0.15) is 5.69 Å². The van der Waals surface area contributed by atoms with E-state index in [0.717, 1.165) is 5.69 Å². The fourth-order valence-corrected chi connectivity index (χ4v) is 1.81. The lowest BCUT2D eigenvalue weighted by Gasteiger charge is -2.08. The zero-order valence-corrected chi connectivity index (χ0v) is 10.9. The number of rotatable bonds is 4. The molecule has 0 saturated carbocycles. The maximum atomic E-state index is 11.8. The highest BCUT2D eigenvalue weighted by Crippen LogP contribution is 2.16. The number of aromatic amines is 1. The Morgan fingerprint density at radius 2 is 2.39 bits per heavy atom. The van der Waals surface area contributed by atoms with Gasteiger partial charge in [-0.15, -0.1) is 6.42 Å². The summed E-state index contributed by atoms with van der Waals surface area (Å²) in [5, 5.41) is 7.05. The van der Waals surface area contributed by atoms with E-state index in [1.165, 1.54) is 4.68 Å². The van der Waals surface area contributed by atoms with Gasteiger partial charge in [0.05, 0.1) is 30.5 Å². The molecular weight excluding hydrogens is 298 g/mol. The molecule has 2 aromatic heterocycles. The highest BCUT2D eigenvalue weighted by molar-refractivity contribution is 9.10. The lowest BCUT2D eigenvalue weighted by atomic mass is 10.4. The number of imidazole rings is 1. The molecule has 2 rings (SSSR count). The van der Waals surface area contributed by atoms with Crippen molar-refractivity contribution in [2.45, 2.75) is 13.1 Å². The fourth-order valence-electron chi connectivity index (χ4n) is 1.36. The SMILES string of the molecule is C#CCn1ncc(NCc2cnc[nH]2)c(Br)c1=O. The Bertz CT molecular complexity index is 626. The average Bonchev–Trinajstić information content (AvgIpc) is 2.87. The smallest absolute Gasteiger partial charge is 0.284 e. The van der Waals surface area contributed by atoms with Crippen LogP contribution in [0, 0.1) is 12.3 Å². The van der Waals surface area contributed by atoms with Crippen molar-refractivity contribution < 1.29 is 0 Å². The monoisotopic (exact) mass is 307 g/mol. The van der Waals surface area contributed by atoms with Crippen LogP contribution in [0.2, 0.25) is 0 Å². The van der Waals surface area contributed by atoms with Gasteiger partial charge in [0.2, 0.25) is 0 Å². The van der Waals surface area contributed by atoms with Crippen LogP contribution in [-0.2, 0) is 13.1 Å². The third-order valence-corrected chi connectivity index (χ3v) is 3.02. The number of hydrogen-bond donors (Lipinski definition) is 2. The van der Waals surface area contributed by atoms with E-state index in [-0.39, 0.29) is 12.1 Å². The summed E-state index contributed by atoms with van der Waals surface area (Å²) in [4.78, 5) is 18.7. The van der Waals surface area contributed by atoms with Gasteiger partial charge in [-0.2, -0.15) is 5.10 Å². The first-order valence-corrected chi connectivity index (χ1v) is 5.92. The molecule has 0 saturated heterocycles. The molecule has 0 bridgehead atoms. The predicted molar refractivity (Wildman–Crippen MR) is 70.9 cm³/mol. The van der Waals surface area contributed by atoms with Crippen molar-refractivity contribution in [2.24, 2.45) is 0 Å². The standard InChI is InChI=1S/C11H10BrN5O/c1-2-3-17-11(18)10(12)9(6-16-17)14-5-8-4-13-7-15-8/h1,4,6-7,14H,3,5H2,(H,13,15). The van der Waals surface area contributed by atoms with E-state index in [1.54, 1.807) is 18.7 Å². The van der Waals surface area contributed by atoms with Crippen molar-refractivity contribution in [3.05, 3.63) is 39.2 Å². The van der Waals surface area contributed by atoms with E-state index in [4.69, 9.17) is 6.42 Å². The van der Waals surface area contributed by atoms with E-state index in [9.17, 15) is 4.79 Å². The Morgan fingerprint density at radius 1 is 1.56 bits per heavy atom. The molecule has 0 unspecified atom stereocenters. The lowest BCUT2D eigenvalue weighted by molar-refractivity contribution is 0.659. The minimum atomic E-state index is -0.262. The van der Waals surface area contributed by atoms with Crippen LogP contribution in [-0.4, -0.2) is 19.7 Å². The fraction of sp³-hybridized carbons (Fsp3) is 0.182. The van der Waals surface area contributed by atoms with Crippen molar-refractivity contribution in [1.29, 1.82) is 0 Å². The lowest BCUT2D eigenvalue weighted by Crippen LogP contribution is -2.24. The molecule has 2 aromatic rings. The summed E-state index contributed by atoms with van der Waals surface area (Å²) in [5.74, 6) is 2.37. The molecule has 92 valence electrons. The first kappa shape index (κ1) is 12.4. The van der Waals surface area contributed by atoms with E-state index in [0.29, 0.717) is 16.7 Å². The number of nitrogens with one attached hydrogen (secondary N) is 2. The van der Waals surface area contributed by atoms with Crippen molar-refractivity contribution in [3.63, 3.8) is 0 Å². The summed E-state index contributed by atoms with van der Waals surface area (Å²) < 4.78 is 1.62. The number of anilines is 1. The van der Waals surface area contributed by atoms with Gasteiger partial charge < -0.3 is 10.3 Å². The molecule has 0 amide bonds. The summed E-state index contributed by atoms with van der Waals surface area (Å²) in [7, 11) is 0. The zero-order chi connectivity index (χ0) is 13.0. The Labute approximate surface area is 112 Å². The van der Waals surface area contributed by atoms with Crippen LogP contribution in [0.4, 0.5) is 5.69 Å². The molecule has 0 fully saturated rings. The molecule has 0 spiro atoms. The Morgan fingerprint density at radius 3 is 3.06 bits per heavy atom. The van der Waals surface area contributed by atoms with E-state index in [1.807, 2.05) is 0 Å². The molecule has 0 aliphatic heterocycles. The van der Waals surface area contributed by atoms with Crippen molar-refractivity contribution in [2.75, 3.05) is 5.32 Å². The molecular formula is C11H10BrN5O. The van der Waals surface area contributed by atoms with Crippen LogP contribution in [0.5, 0.6) is 0 Å². The molecule has 2 heterocycles. The third-order valence-electron chi connectivity index (χ3n) is 2.25. The third kappa shape index (κ3) is 2.60. The quantitative estimate of drug-likeness (QED) is 0.826. The van der Waals surface area contributed by atoms with Gasteiger partial charge >= 0.3 is 0 Å². The number of terminal acetylenes is 1. The molecule has 7 heteroatoms. The molecule has 18 heavy (non-hydrogen) atoms. The number of hydrogen-bond acceptors (Lipinski definition) is 4. The Hall–Kier alpha value is -2.07. The maximum Gasteiger partial charge on any atom is 0.284 e. The van der Waals surface area contributed by atoms with Crippen LogP contribution in [0.3, 0.4) is 0 Å². The summed E-state index contributed by atoms with van der Waals surface area (Å²) in [6, 6.07) is 0. The van der Waals surface area contributed by atoms with Gasteiger partial charge in [-0.25, -0.2) is 9.67 Å². The Balaban J connectivity index is 2.17. The summed E-state index contributed by atoms with van der Waals surface area (Å²) in [5.41, 5.74) is 1.26. The van der Waals surface area contributed by atoms with Crippen LogP contribution < -0.4 is 10.9 Å². The number of aromatic nitrogens is 4. The van der Waals surface area contributed by atoms with Gasteiger partial charge in [0, 0.05) is 6.20 Å². The first-order chi connectivity index (χ1) is 8.72. The first-order valence-electron chi connectivity index (χ1n) is 5.12. The second kappa shape index (κ2) is 5.51. The number of H-pyrrole nitrogens is 1. The van der Waals surface area contributed by atoms with Crippen molar-refractivity contribution in [3.8, 4) is 12.3 Å². The zero-order valence-electron chi connectivity index (χ0n) is 9.35. The Kier molecular flexibility index (Phi) is 3.79.